The Morgan fingerprint density at radius 3 is 2.73 bits per heavy atom. The molecule has 122 valence electrons. The second-order valence-corrected chi connectivity index (χ2v) is 6.67. The summed E-state index contributed by atoms with van der Waals surface area (Å²) in [6, 6.07) is 7.85. The van der Waals surface area contributed by atoms with E-state index in [-0.39, 0.29) is 11.9 Å². The third-order valence-electron chi connectivity index (χ3n) is 3.98. The number of benzene rings is 1. The maximum atomic E-state index is 12.3. The quantitative estimate of drug-likeness (QED) is 0.837. The van der Waals surface area contributed by atoms with Crippen LogP contribution in [0.4, 0.5) is 0 Å². The van der Waals surface area contributed by atoms with Gasteiger partial charge in [0.05, 0.1) is 4.47 Å². The number of carbonyl (C=O) groups is 1. The molecule has 1 unspecified atom stereocenters. The highest BCUT2D eigenvalue weighted by Gasteiger charge is 2.23. The number of nitrogens with zero attached hydrogens (tertiary/aromatic N) is 1. The average Bonchev–Trinajstić information content (AvgIpc) is 2.51. The Balaban J connectivity index is 1.79. The normalized spacial score (nSPS) is 18.0. The molecule has 1 aromatic rings. The molecule has 5 heteroatoms. The van der Waals surface area contributed by atoms with Crippen molar-refractivity contribution in [3.8, 4) is 5.75 Å². The zero-order valence-corrected chi connectivity index (χ0v) is 14.9. The summed E-state index contributed by atoms with van der Waals surface area (Å²) in [6.45, 7) is 7.29. The summed E-state index contributed by atoms with van der Waals surface area (Å²) < 4.78 is 6.60. The molecule has 2 rings (SSSR count). The average molecular weight is 369 g/mol. The maximum Gasteiger partial charge on any atom is 0.260 e. The highest BCUT2D eigenvalue weighted by atomic mass is 79.9. The molecule has 0 spiro atoms. The van der Waals surface area contributed by atoms with Gasteiger partial charge in [0.25, 0.3) is 5.91 Å². The number of nitrogens with one attached hydrogen (secondary N) is 1. The van der Waals surface area contributed by atoms with Crippen molar-refractivity contribution in [3.05, 3.63) is 28.7 Å². The Morgan fingerprint density at radius 2 is 2.09 bits per heavy atom. The van der Waals surface area contributed by atoms with Crippen molar-refractivity contribution in [2.45, 2.75) is 45.3 Å². The van der Waals surface area contributed by atoms with Gasteiger partial charge in [0.2, 0.25) is 0 Å². The first-order chi connectivity index (χ1) is 10.6. The van der Waals surface area contributed by atoms with E-state index in [1.54, 1.807) is 6.92 Å². The van der Waals surface area contributed by atoms with Gasteiger partial charge in [-0.05, 0) is 60.8 Å². The van der Waals surface area contributed by atoms with Crippen molar-refractivity contribution in [2.24, 2.45) is 0 Å². The van der Waals surface area contributed by atoms with E-state index >= 15 is 0 Å². The molecule has 0 saturated carbocycles. The summed E-state index contributed by atoms with van der Waals surface area (Å²) in [4.78, 5) is 14.7. The molecule has 1 heterocycles. The van der Waals surface area contributed by atoms with Crippen molar-refractivity contribution in [3.63, 3.8) is 0 Å². The highest BCUT2D eigenvalue weighted by Crippen LogP contribution is 2.24. The van der Waals surface area contributed by atoms with E-state index in [0.29, 0.717) is 5.75 Å². The zero-order chi connectivity index (χ0) is 15.9. The molecule has 22 heavy (non-hydrogen) atoms. The van der Waals surface area contributed by atoms with Gasteiger partial charge in [-0.25, -0.2) is 0 Å². The van der Waals surface area contributed by atoms with Gasteiger partial charge in [-0.15, -0.1) is 0 Å². The third kappa shape index (κ3) is 4.99. The summed E-state index contributed by atoms with van der Waals surface area (Å²) in [7, 11) is 0. The van der Waals surface area contributed by atoms with Gasteiger partial charge < -0.3 is 15.0 Å². The summed E-state index contributed by atoms with van der Waals surface area (Å²) in [6.07, 6.45) is 2.74. The predicted octanol–water partition coefficient (Wildman–Crippen LogP) is 3.21. The van der Waals surface area contributed by atoms with E-state index < -0.39 is 6.10 Å². The van der Waals surface area contributed by atoms with E-state index in [0.717, 1.165) is 36.9 Å². The number of hydrogen-bond acceptors (Lipinski definition) is 3. The van der Waals surface area contributed by atoms with E-state index in [2.05, 4.69) is 33.1 Å². The van der Waals surface area contributed by atoms with Crippen LogP contribution in [0.5, 0.6) is 5.75 Å². The Bertz CT molecular complexity index is 487. The van der Waals surface area contributed by atoms with Gasteiger partial charge in [-0.1, -0.05) is 19.1 Å². The summed E-state index contributed by atoms with van der Waals surface area (Å²) in [5.74, 6) is 0.660. The molecule has 1 fully saturated rings. The van der Waals surface area contributed by atoms with Gasteiger partial charge in [-0.2, -0.15) is 0 Å². The Hall–Kier alpha value is -1.07. The van der Waals surface area contributed by atoms with Gasteiger partial charge >= 0.3 is 0 Å². The fraction of sp³-hybridized carbons (Fsp3) is 0.588. The van der Waals surface area contributed by atoms with Gasteiger partial charge in [0, 0.05) is 19.1 Å². The Morgan fingerprint density at radius 1 is 1.41 bits per heavy atom. The topological polar surface area (TPSA) is 41.6 Å². The van der Waals surface area contributed by atoms with E-state index in [1.165, 1.54) is 6.42 Å². The van der Waals surface area contributed by atoms with Crippen LogP contribution in [0.1, 0.15) is 33.1 Å². The van der Waals surface area contributed by atoms with Crippen LogP contribution in [0.15, 0.2) is 28.7 Å². The molecule has 1 amide bonds. The molecule has 1 saturated heterocycles. The van der Waals surface area contributed by atoms with Gasteiger partial charge in [0.15, 0.2) is 6.10 Å². The number of rotatable bonds is 6. The molecule has 1 aliphatic heterocycles. The van der Waals surface area contributed by atoms with Gasteiger partial charge in [0.1, 0.15) is 5.75 Å². The molecule has 0 radical (unpaired) electrons. The first-order valence-electron chi connectivity index (χ1n) is 8.04. The SMILES string of the molecule is CCCN1CCC(NC(=O)C(C)Oc2ccccc2Br)CC1. The van der Waals surface area contributed by atoms with E-state index in [4.69, 9.17) is 4.74 Å². The van der Waals surface area contributed by atoms with E-state index in [1.807, 2.05) is 24.3 Å². The molecule has 1 aliphatic rings. The van der Waals surface area contributed by atoms with Crippen LogP contribution in [0, 0.1) is 0 Å². The number of amides is 1. The fourth-order valence-corrected chi connectivity index (χ4v) is 3.10. The molecule has 0 aromatic heterocycles. The minimum absolute atomic E-state index is 0.0373. The lowest BCUT2D eigenvalue weighted by molar-refractivity contribution is -0.128. The molecule has 0 bridgehead atoms. The first kappa shape index (κ1) is 17.3. The largest absolute Gasteiger partial charge is 0.480 e. The van der Waals surface area contributed by atoms with Crippen LogP contribution in [0.3, 0.4) is 0 Å². The van der Waals surface area contributed by atoms with Crippen LogP contribution >= 0.6 is 15.9 Å². The van der Waals surface area contributed by atoms with Crippen molar-refractivity contribution >= 4 is 21.8 Å². The predicted molar refractivity (Wildman–Crippen MR) is 92.1 cm³/mol. The highest BCUT2D eigenvalue weighted by molar-refractivity contribution is 9.10. The first-order valence-corrected chi connectivity index (χ1v) is 8.83. The molecule has 0 aliphatic carbocycles. The number of hydrogen-bond donors (Lipinski definition) is 1. The minimum Gasteiger partial charge on any atom is -0.480 e. The number of likely N-dealkylation sites (tertiary alicyclic amines) is 1. The summed E-state index contributed by atoms with van der Waals surface area (Å²) >= 11 is 3.43. The molecular formula is C17H25BrN2O2. The monoisotopic (exact) mass is 368 g/mol. The van der Waals surface area contributed by atoms with Gasteiger partial charge in [-0.3, -0.25) is 4.79 Å². The van der Waals surface area contributed by atoms with Crippen molar-refractivity contribution in [1.82, 2.24) is 10.2 Å². The third-order valence-corrected chi connectivity index (χ3v) is 4.64. The lowest BCUT2D eigenvalue weighted by Gasteiger charge is -2.32. The fourth-order valence-electron chi connectivity index (χ4n) is 2.72. The van der Waals surface area contributed by atoms with Crippen LogP contribution in [0.2, 0.25) is 0 Å². The van der Waals surface area contributed by atoms with E-state index in [9.17, 15) is 4.79 Å². The lowest BCUT2D eigenvalue weighted by Crippen LogP contribution is -2.48. The Kier molecular flexibility index (Phi) is 6.70. The molecule has 4 nitrogen and oxygen atoms in total. The standard InChI is InChI=1S/C17H25BrN2O2/c1-3-10-20-11-8-14(9-12-20)19-17(21)13(2)22-16-7-5-4-6-15(16)18/h4-7,13-14H,3,8-12H2,1-2H3,(H,19,21). The van der Waals surface area contributed by atoms with Crippen molar-refractivity contribution < 1.29 is 9.53 Å². The Labute approximate surface area is 141 Å². The number of para-hydroxylation sites is 1. The van der Waals surface area contributed by atoms with Crippen LogP contribution in [-0.4, -0.2) is 42.6 Å². The lowest BCUT2D eigenvalue weighted by atomic mass is 10.0. The maximum absolute atomic E-state index is 12.3. The van der Waals surface area contributed by atoms with Crippen LogP contribution in [0.25, 0.3) is 0 Å². The zero-order valence-electron chi connectivity index (χ0n) is 13.3. The summed E-state index contributed by atoms with van der Waals surface area (Å²) in [5.41, 5.74) is 0. The summed E-state index contributed by atoms with van der Waals surface area (Å²) in [5, 5.41) is 3.12. The van der Waals surface area contributed by atoms with Crippen molar-refractivity contribution in [2.75, 3.05) is 19.6 Å². The van der Waals surface area contributed by atoms with Crippen LogP contribution < -0.4 is 10.1 Å². The number of carbonyl (C=O) groups excluding carboxylic acids is 1. The minimum atomic E-state index is -0.493. The molecule has 1 aromatic carbocycles. The number of piperidine rings is 1. The molecule has 1 atom stereocenters. The second-order valence-electron chi connectivity index (χ2n) is 5.82. The van der Waals surface area contributed by atoms with Crippen molar-refractivity contribution in [1.29, 1.82) is 0 Å². The van der Waals surface area contributed by atoms with Crippen LogP contribution in [-0.2, 0) is 4.79 Å². The molecular weight excluding hydrogens is 344 g/mol. The second kappa shape index (κ2) is 8.53. The number of halogens is 1. The number of ether oxygens (including phenoxy) is 1. The molecule has 1 N–H and O–H groups in total. The smallest absolute Gasteiger partial charge is 0.260 e.